The highest BCUT2D eigenvalue weighted by atomic mass is 16.3. The monoisotopic (exact) mass is 208 g/mol. The minimum absolute atomic E-state index is 0.316. The number of aliphatic hydroxyl groups is 1. The molecule has 0 bridgehead atoms. The Morgan fingerprint density at radius 1 is 1.47 bits per heavy atom. The lowest BCUT2D eigenvalue weighted by molar-refractivity contribution is 0.117. The second-order valence-electron chi connectivity index (χ2n) is 4.76. The molecule has 1 heterocycles. The predicted molar refractivity (Wildman–Crippen MR) is 59.6 cm³/mol. The lowest BCUT2D eigenvalue weighted by Gasteiger charge is -2.27. The first-order valence-corrected chi connectivity index (χ1v) is 5.77. The molecule has 1 atom stereocenters. The number of aromatic nitrogens is 2. The van der Waals surface area contributed by atoms with Gasteiger partial charge in [0.1, 0.15) is 0 Å². The van der Waals surface area contributed by atoms with Gasteiger partial charge in [-0.05, 0) is 26.2 Å². The molecule has 1 aromatic heterocycles. The fraction of sp³-hybridized carbons (Fsp3) is 0.750. The molecule has 0 spiro atoms. The van der Waals surface area contributed by atoms with Gasteiger partial charge in [0.05, 0.1) is 11.8 Å². The van der Waals surface area contributed by atoms with Gasteiger partial charge in [-0.15, -0.1) is 0 Å². The Morgan fingerprint density at radius 3 is 2.53 bits per heavy atom. The summed E-state index contributed by atoms with van der Waals surface area (Å²) in [6.45, 7) is 4.01. The lowest BCUT2D eigenvalue weighted by Crippen LogP contribution is -2.15. The maximum Gasteiger partial charge on any atom is 0.0828 e. The molecule has 1 aromatic rings. The smallest absolute Gasteiger partial charge is 0.0828 e. The van der Waals surface area contributed by atoms with E-state index >= 15 is 0 Å². The minimum Gasteiger partial charge on any atom is -0.388 e. The number of hydrogen-bond acceptors (Lipinski definition) is 2. The topological polar surface area (TPSA) is 38.0 Å². The SMILES string of the molecule is Cc1nn(C)c(C)c1C(O)CC1CCC1. The molecule has 0 amide bonds. The average molecular weight is 208 g/mol. The van der Waals surface area contributed by atoms with E-state index in [1.54, 1.807) is 0 Å². The van der Waals surface area contributed by atoms with Gasteiger partial charge in [0.25, 0.3) is 0 Å². The van der Waals surface area contributed by atoms with Crippen molar-refractivity contribution in [3.05, 3.63) is 17.0 Å². The van der Waals surface area contributed by atoms with Gasteiger partial charge in [0.2, 0.25) is 0 Å². The van der Waals surface area contributed by atoms with Crippen LogP contribution >= 0.6 is 0 Å². The molecule has 0 aromatic carbocycles. The second kappa shape index (κ2) is 3.97. The number of nitrogens with zero attached hydrogens (tertiary/aromatic N) is 2. The molecule has 3 heteroatoms. The van der Waals surface area contributed by atoms with E-state index in [9.17, 15) is 5.11 Å². The van der Waals surface area contributed by atoms with E-state index in [-0.39, 0.29) is 6.10 Å². The molecule has 0 saturated heterocycles. The van der Waals surface area contributed by atoms with Crippen molar-refractivity contribution < 1.29 is 5.11 Å². The van der Waals surface area contributed by atoms with Crippen LogP contribution in [0.25, 0.3) is 0 Å². The fourth-order valence-electron chi connectivity index (χ4n) is 2.43. The zero-order chi connectivity index (χ0) is 11.0. The molecule has 84 valence electrons. The maximum atomic E-state index is 10.2. The van der Waals surface area contributed by atoms with E-state index in [1.807, 2.05) is 25.6 Å². The number of hydrogen-bond donors (Lipinski definition) is 1. The van der Waals surface area contributed by atoms with Crippen molar-refractivity contribution in [2.24, 2.45) is 13.0 Å². The van der Waals surface area contributed by atoms with E-state index in [0.717, 1.165) is 29.3 Å². The number of aliphatic hydroxyl groups excluding tert-OH is 1. The summed E-state index contributed by atoms with van der Waals surface area (Å²) >= 11 is 0. The van der Waals surface area contributed by atoms with Gasteiger partial charge in [-0.25, -0.2) is 0 Å². The van der Waals surface area contributed by atoms with Gasteiger partial charge < -0.3 is 5.11 Å². The van der Waals surface area contributed by atoms with Crippen LogP contribution in [0.3, 0.4) is 0 Å². The molecule has 15 heavy (non-hydrogen) atoms. The van der Waals surface area contributed by atoms with Crippen molar-refractivity contribution in [2.75, 3.05) is 0 Å². The Balaban J connectivity index is 2.12. The standard InChI is InChI=1S/C12H20N2O/c1-8-12(9(2)14(3)13-8)11(15)7-10-5-4-6-10/h10-11,15H,4-7H2,1-3H3. The zero-order valence-electron chi connectivity index (χ0n) is 9.82. The molecular formula is C12H20N2O. The van der Waals surface area contributed by atoms with E-state index in [4.69, 9.17) is 0 Å². The molecule has 1 unspecified atom stereocenters. The third-order valence-electron chi connectivity index (χ3n) is 3.68. The third kappa shape index (κ3) is 1.93. The highest BCUT2D eigenvalue weighted by Gasteiger charge is 2.25. The Bertz CT molecular complexity index is 353. The fourth-order valence-corrected chi connectivity index (χ4v) is 2.43. The first-order valence-electron chi connectivity index (χ1n) is 5.77. The molecular weight excluding hydrogens is 188 g/mol. The van der Waals surface area contributed by atoms with Crippen molar-refractivity contribution in [2.45, 2.75) is 45.6 Å². The summed E-state index contributed by atoms with van der Waals surface area (Å²) < 4.78 is 1.86. The molecule has 0 radical (unpaired) electrons. The molecule has 1 fully saturated rings. The van der Waals surface area contributed by atoms with Crippen molar-refractivity contribution in [3.8, 4) is 0 Å². The van der Waals surface area contributed by atoms with Crippen molar-refractivity contribution >= 4 is 0 Å². The van der Waals surface area contributed by atoms with Gasteiger partial charge in [-0.1, -0.05) is 19.3 Å². The molecule has 1 saturated carbocycles. The zero-order valence-corrected chi connectivity index (χ0v) is 9.82. The maximum absolute atomic E-state index is 10.2. The van der Waals surface area contributed by atoms with E-state index in [1.165, 1.54) is 19.3 Å². The van der Waals surface area contributed by atoms with Gasteiger partial charge in [-0.3, -0.25) is 4.68 Å². The van der Waals surface area contributed by atoms with Gasteiger partial charge >= 0.3 is 0 Å². The quantitative estimate of drug-likeness (QED) is 0.827. The van der Waals surface area contributed by atoms with Gasteiger partial charge in [-0.2, -0.15) is 5.10 Å². The Kier molecular flexibility index (Phi) is 2.83. The van der Waals surface area contributed by atoms with Crippen molar-refractivity contribution in [3.63, 3.8) is 0 Å². The number of aryl methyl sites for hydroxylation is 2. The summed E-state index contributed by atoms with van der Waals surface area (Å²) in [5.74, 6) is 0.735. The van der Waals surface area contributed by atoms with Crippen LogP contribution in [-0.4, -0.2) is 14.9 Å². The first kappa shape index (κ1) is 10.7. The van der Waals surface area contributed by atoms with Crippen LogP contribution in [-0.2, 0) is 7.05 Å². The highest BCUT2D eigenvalue weighted by Crippen LogP contribution is 2.36. The average Bonchev–Trinajstić information content (AvgIpc) is 2.34. The van der Waals surface area contributed by atoms with Crippen LogP contribution in [0.1, 0.15) is 48.7 Å². The van der Waals surface area contributed by atoms with E-state index in [2.05, 4.69) is 5.10 Å². The highest BCUT2D eigenvalue weighted by molar-refractivity contribution is 5.26. The molecule has 0 aliphatic heterocycles. The third-order valence-corrected chi connectivity index (χ3v) is 3.68. The first-order chi connectivity index (χ1) is 7.09. The largest absolute Gasteiger partial charge is 0.388 e. The summed E-state index contributed by atoms with van der Waals surface area (Å²) in [7, 11) is 1.93. The molecule has 1 aliphatic carbocycles. The molecule has 1 aliphatic rings. The normalized spacial score (nSPS) is 18.9. The van der Waals surface area contributed by atoms with Crippen molar-refractivity contribution in [1.29, 1.82) is 0 Å². The van der Waals surface area contributed by atoms with Gasteiger partial charge in [0.15, 0.2) is 0 Å². The molecule has 3 nitrogen and oxygen atoms in total. The van der Waals surface area contributed by atoms with Gasteiger partial charge in [0, 0.05) is 18.3 Å². The van der Waals surface area contributed by atoms with Crippen LogP contribution in [0.4, 0.5) is 0 Å². The second-order valence-corrected chi connectivity index (χ2v) is 4.76. The van der Waals surface area contributed by atoms with Crippen molar-refractivity contribution in [1.82, 2.24) is 9.78 Å². The summed E-state index contributed by atoms with van der Waals surface area (Å²) in [4.78, 5) is 0. The van der Waals surface area contributed by atoms with Crippen LogP contribution in [0, 0.1) is 19.8 Å². The molecule has 1 N–H and O–H groups in total. The summed E-state index contributed by atoms with van der Waals surface area (Å²) in [5, 5.41) is 14.5. The summed E-state index contributed by atoms with van der Waals surface area (Å²) in [6.07, 6.45) is 4.50. The number of rotatable bonds is 3. The Morgan fingerprint density at radius 2 is 2.13 bits per heavy atom. The minimum atomic E-state index is -0.316. The lowest BCUT2D eigenvalue weighted by atomic mass is 9.80. The molecule has 2 rings (SSSR count). The van der Waals surface area contributed by atoms with Crippen LogP contribution in [0.2, 0.25) is 0 Å². The van der Waals surface area contributed by atoms with Crippen LogP contribution in [0.5, 0.6) is 0 Å². The Hall–Kier alpha value is -0.830. The predicted octanol–water partition coefficient (Wildman–Crippen LogP) is 2.26. The Labute approximate surface area is 91.1 Å². The van der Waals surface area contributed by atoms with E-state index < -0.39 is 0 Å². The summed E-state index contributed by atoms with van der Waals surface area (Å²) in [5.41, 5.74) is 3.12. The summed E-state index contributed by atoms with van der Waals surface area (Å²) in [6, 6.07) is 0. The van der Waals surface area contributed by atoms with Crippen LogP contribution < -0.4 is 0 Å². The van der Waals surface area contributed by atoms with E-state index in [0.29, 0.717) is 0 Å². The van der Waals surface area contributed by atoms with Crippen LogP contribution in [0.15, 0.2) is 0 Å².